The molecule has 1 aromatic heterocycles. The standard InChI is InChI=1S/C25H20N2O7/c1-3-33-25(31)17-6-4-15(5-7-17)21-13-12-19(34-21)14-20-22(28)26-27(23(20)29)18-10-8-16(9-11-18)24(30)32-2/h4-14H,3H2,1-2H3,(H,26,28)/b20-14+. The van der Waals surface area contributed by atoms with Gasteiger partial charge in [0, 0.05) is 5.56 Å². The molecular formula is C25H20N2O7. The molecule has 1 aliphatic heterocycles. The van der Waals surface area contributed by atoms with Gasteiger partial charge < -0.3 is 13.9 Å². The number of hydrogen-bond donors (Lipinski definition) is 1. The van der Waals surface area contributed by atoms with Crippen LogP contribution in [0.15, 0.2) is 70.7 Å². The molecule has 9 nitrogen and oxygen atoms in total. The molecule has 0 unspecified atom stereocenters. The second-order valence-electron chi connectivity index (χ2n) is 7.18. The van der Waals surface area contributed by atoms with Crippen LogP contribution < -0.4 is 10.4 Å². The molecule has 2 heterocycles. The van der Waals surface area contributed by atoms with Gasteiger partial charge in [-0.05, 0) is 61.5 Å². The fourth-order valence-corrected chi connectivity index (χ4v) is 3.32. The first-order valence-electron chi connectivity index (χ1n) is 10.3. The van der Waals surface area contributed by atoms with Crippen molar-refractivity contribution < 1.29 is 33.1 Å². The molecule has 2 aromatic carbocycles. The number of carbonyl (C=O) groups is 4. The number of amides is 2. The van der Waals surface area contributed by atoms with Gasteiger partial charge in [0.05, 0.1) is 30.5 Å². The Morgan fingerprint density at radius 2 is 1.59 bits per heavy atom. The number of rotatable bonds is 6. The van der Waals surface area contributed by atoms with Gasteiger partial charge in [-0.25, -0.2) is 14.6 Å². The Labute approximate surface area is 194 Å². The zero-order chi connectivity index (χ0) is 24.2. The van der Waals surface area contributed by atoms with Gasteiger partial charge in [-0.15, -0.1) is 0 Å². The van der Waals surface area contributed by atoms with Crippen molar-refractivity contribution in [3.63, 3.8) is 0 Å². The van der Waals surface area contributed by atoms with Gasteiger partial charge in [0.15, 0.2) is 0 Å². The molecule has 1 aliphatic rings. The molecule has 0 spiro atoms. The fourth-order valence-electron chi connectivity index (χ4n) is 3.32. The molecule has 0 aliphatic carbocycles. The largest absolute Gasteiger partial charge is 0.465 e. The molecule has 1 fully saturated rings. The third-order valence-corrected chi connectivity index (χ3v) is 5.03. The molecule has 4 rings (SSSR count). The first kappa shape index (κ1) is 22.5. The predicted molar refractivity (Wildman–Crippen MR) is 121 cm³/mol. The van der Waals surface area contributed by atoms with Crippen molar-refractivity contribution >= 4 is 35.5 Å². The zero-order valence-corrected chi connectivity index (χ0v) is 18.4. The Bertz CT molecular complexity index is 1290. The molecule has 9 heteroatoms. The van der Waals surface area contributed by atoms with Crippen LogP contribution in [0.2, 0.25) is 0 Å². The van der Waals surface area contributed by atoms with Crippen molar-refractivity contribution in [2.24, 2.45) is 0 Å². The summed E-state index contributed by atoms with van der Waals surface area (Å²) in [5, 5.41) is 1.09. The molecule has 1 saturated heterocycles. The molecule has 0 atom stereocenters. The van der Waals surface area contributed by atoms with Crippen LogP contribution in [0.5, 0.6) is 0 Å². The fraction of sp³-hybridized carbons (Fsp3) is 0.120. The second-order valence-corrected chi connectivity index (χ2v) is 7.18. The molecular weight excluding hydrogens is 440 g/mol. The quantitative estimate of drug-likeness (QED) is 0.341. The van der Waals surface area contributed by atoms with Crippen LogP contribution in [-0.4, -0.2) is 37.5 Å². The van der Waals surface area contributed by atoms with Crippen molar-refractivity contribution in [2.45, 2.75) is 6.92 Å². The molecule has 2 amide bonds. The summed E-state index contributed by atoms with van der Waals surface area (Å²) in [5.41, 5.74) is 4.23. The smallest absolute Gasteiger partial charge is 0.338 e. The van der Waals surface area contributed by atoms with Gasteiger partial charge in [0.1, 0.15) is 17.1 Å². The summed E-state index contributed by atoms with van der Waals surface area (Å²) in [4.78, 5) is 48.6. The molecule has 172 valence electrons. The monoisotopic (exact) mass is 460 g/mol. The summed E-state index contributed by atoms with van der Waals surface area (Å²) in [7, 11) is 1.27. The summed E-state index contributed by atoms with van der Waals surface area (Å²) in [6, 6.07) is 16.1. The number of hydrazine groups is 1. The van der Waals surface area contributed by atoms with E-state index in [1.165, 1.54) is 37.5 Å². The van der Waals surface area contributed by atoms with Crippen LogP contribution in [-0.2, 0) is 19.1 Å². The second kappa shape index (κ2) is 9.45. The van der Waals surface area contributed by atoms with Gasteiger partial charge in [0.25, 0.3) is 11.8 Å². The lowest BCUT2D eigenvalue weighted by atomic mass is 10.1. The third-order valence-electron chi connectivity index (χ3n) is 5.03. The topological polar surface area (TPSA) is 115 Å². The Morgan fingerprint density at radius 3 is 2.24 bits per heavy atom. The number of nitrogens with zero attached hydrogens (tertiary/aromatic N) is 1. The van der Waals surface area contributed by atoms with Crippen LogP contribution in [0, 0.1) is 0 Å². The van der Waals surface area contributed by atoms with Crippen molar-refractivity contribution in [2.75, 3.05) is 18.7 Å². The molecule has 0 radical (unpaired) electrons. The van der Waals surface area contributed by atoms with E-state index in [4.69, 9.17) is 9.15 Å². The lowest BCUT2D eigenvalue weighted by molar-refractivity contribution is -0.117. The highest BCUT2D eigenvalue weighted by atomic mass is 16.5. The zero-order valence-electron chi connectivity index (χ0n) is 18.4. The van der Waals surface area contributed by atoms with E-state index in [9.17, 15) is 19.2 Å². The van der Waals surface area contributed by atoms with Crippen molar-refractivity contribution in [1.29, 1.82) is 0 Å². The van der Waals surface area contributed by atoms with E-state index in [1.807, 2.05) is 0 Å². The van der Waals surface area contributed by atoms with Crippen LogP contribution in [0.1, 0.15) is 33.4 Å². The minimum absolute atomic E-state index is 0.101. The number of ether oxygens (including phenoxy) is 2. The molecule has 0 saturated carbocycles. The average Bonchev–Trinajstić information content (AvgIpc) is 3.44. The van der Waals surface area contributed by atoms with E-state index >= 15 is 0 Å². The summed E-state index contributed by atoms with van der Waals surface area (Å²) in [5.74, 6) is -1.25. The predicted octanol–water partition coefficient (Wildman–Crippen LogP) is 3.37. The summed E-state index contributed by atoms with van der Waals surface area (Å²) < 4.78 is 15.4. The molecule has 0 bridgehead atoms. The highest BCUT2D eigenvalue weighted by molar-refractivity contribution is 6.31. The third kappa shape index (κ3) is 4.44. The molecule has 3 aromatic rings. The van der Waals surface area contributed by atoms with Crippen LogP contribution in [0.4, 0.5) is 5.69 Å². The normalized spacial score (nSPS) is 14.3. The minimum atomic E-state index is -0.584. The first-order chi connectivity index (χ1) is 16.4. The summed E-state index contributed by atoms with van der Waals surface area (Å²) >= 11 is 0. The van der Waals surface area contributed by atoms with Crippen molar-refractivity contribution in [3.05, 3.63) is 83.1 Å². The van der Waals surface area contributed by atoms with E-state index in [-0.39, 0.29) is 5.57 Å². The number of methoxy groups -OCH3 is 1. The SMILES string of the molecule is CCOC(=O)c1ccc(-c2ccc(/C=C3\C(=O)NN(c4ccc(C(=O)OC)cc4)C3=O)o2)cc1. The number of carbonyl (C=O) groups excluding carboxylic acids is 4. The number of furan rings is 1. The Kier molecular flexibility index (Phi) is 6.26. The number of anilines is 1. The van der Waals surface area contributed by atoms with Gasteiger partial charge >= 0.3 is 11.9 Å². The van der Waals surface area contributed by atoms with Crippen molar-refractivity contribution in [1.82, 2.24) is 5.43 Å². The number of hydrogen-bond acceptors (Lipinski definition) is 7. The van der Waals surface area contributed by atoms with Crippen LogP contribution in [0.3, 0.4) is 0 Å². The van der Waals surface area contributed by atoms with E-state index < -0.39 is 23.8 Å². The number of nitrogens with one attached hydrogen (secondary N) is 1. The van der Waals surface area contributed by atoms with Gasteiger partial charge in [-0.3, -0.25) is 15.0 Å². The van der Waals surface area contributed by atoms with Crippen molar-refractivity contribution in [3.8, 4) is 11.3 Å². The maximum Gasteiger partial charge on any atom is 0.338 e. The maximum absolute atomic E-state index is 12.8. The van der Waals surface area contributed by atoms with Crippen LogP contribution in [0.25, 0.3) is 17.4 Å². The highest BCUT2D eigenvalue weighted by Gasteiger charge is 2.34. The Balaban J connectivity index is 1.51. The first-order valence-corrected chi connectivity index (χ1v) is 10.3. The lowest BCUT2D eigenvalue weighted by Gasteiger charge is -2.14. The lowest BCUT2D eigenvalue weighted by Crippen LogP contribution is -2.35. The van der Waals surface area contributed by atoms with E-state index in [1.54, 1.807) is 43.3 Å². The Morgan fingerprint density at radius 1 is 0.941 bits per heavy atom. The van der Waals surface area contributed by atoms with Gasteiger partial charge in [-0.2, -0.15) is 0 Å². The van der Waals surface area contributed by atoms with Gasteiger partial charge in [-0.1, -0.05) is 12.1 Å². The summed E-state index contributed by atoms with van der Waals surface area (Å²) in [6.07, 6.45) is 1.36. The number of esters is 2. The highest BCUT2D eigenvalue weighted by Crippen LogP contribution is 2.26. The number of benzene rings is 2. The molecule has 34 heavy (non-hydrogen) atoms. The molecule has 1 N–H and O–H groups in total. The average molecular weight is 460 g/mol. The van der Waals surface area contributed by atoms with E-state index in [0.29, 0.717) is 40.5 Å². The van der Waals surface area contributed by atoms with E-state index in [2.05, 4.69) is 10.2 Å². The van der Waals surface area contributed by atoms with E-state index in [0.717, 1.165) is 5.01 Å². The van der Waals surface area contributed by atoms with Gasteiger partial charge in [0.2, 0.25) is 0 Å². The maximum atomic E-state index is 12.8. The summed E-state index contributed by atoms with van der Waals surface area (Å²) in [6.45, 7) is 2.03. The Hall–Kier alpha value is -4.66. The van der Waals surface area contributed by atoms with Crippen LogP contribution >= 0.6 is 0 Å². The minimum Gasteiger partial charge on any atom is -0.465 e.